The number of nitrogens with zero attached hydrogens (tertiary/aromatic N) is 3. The lowest BCUT2D eigenvalue weighted by atomic mass is 10.1. The first-order chi connectivity index (χ1) is 10.1. The summed E-state index contributed by atoms with van der Waals surface area (Å²) >= 11 is 1.54. The summed E-state index contributed by atoms with van der Waals surface area (Å²) in [5, 5.41) is 11.7. The molecule has 0 unspecified atom stereocenters. The van der Waals surface area contributed by atoms with Gasteiger partial charge in [0.1, 0.15) is 22.4 Å². The predicted molar refractivity (Wildman–Crippen MR) is 82.1 cm³/mol. The molecule has 0 amide bonds. The molecule has 108 valence electrons. The fraction of sp³-hybridized carbons (Fsp3) is 0.375. The smallest absolute Gasteiger partial charge is 0.151 e. The summed E-state index contributed by atoms with van der Waals surface area (Å²) < 4.78 is 6.13. The van der Waals surface area contributed by atoms with Crippen molar-refractivity contribution in [1.29, 1.82) is 5.26 Å². The number of nitriles is 1. The van der Waals surface area contributed by atoms with Gasteiger partial charge < -0.3 is 4.74 Å². The van der Waals surface area contributed by atoms with Gasteiger partial charge in [0, 0.05) is 24.0 Å². The lowest BCUT2D eigenvalue weighted by molar-refractivity contribution is 0.0682. The maximum absolute atomic E-state index is 8.88. The average molecular weight is 299 g/mol. The van der Waals surface area contributed by atoms with Crippen LogP contribution in [0.5, 0.6) is 5.75 Å². The number of rotatable bonds is 2. The van der Waals surface area contributed by atoms with Crippen molar-refractivity contribution in [2.45, 2.75) is 32.5 Å². The van der Waals surface area contributed by atoms with E-state index in [0.29, 0.717) is 5.69 Å². The zero-order valence-corrected chi connectivity index (χ0v) is 13.0. The van der Waals surface area contributed by atoms with Gasteiger partial charge in [0.15, 0.2) is 5.69 Å². The topological polar surface area (TPSA) is 49.2 Å². The Morgan fingerprint density at radius 2 is 2.24 bits per heavy atom. The molecule has 4 nitrogen and oxygen atoms in total. The SMILES string of the molecule is CC1(C)CN(Cc2nc(C#N)cs2)Cc2ccccc2O1. The molecule has 0 N–H and O–H groups in total. The maximum atomic E-state index is 8.88. The lowest BCUT2D eigenvalue weighted by Gasteiger charge is -2.29. The maximum Gasteiger partial charge on any atom is 0.151 e. The van der Waals surface area contributed by atoms with E-state index in [2.05, 4.69) is 35.9 Å². The third kappa shape index (κ3) is 3.23. The molecular weight excluding hydrogens is 282 g/mol. The molecule has 0 atom stereocenters. The van der Waals surface area contributed by atoms with E-state index >= 15 is 0 Å². The van der Waals surface area contributed by atoms with Crippen LogP contribution in [0.2, 0.25) is 0 Å². The zero-order chi connectivity index (χ0) is 14.9. The number of hydrogen-bond donors (Lipinski definition) is 0. The van der Waals surface area contributed by atoms with Crippen molar-refractivity contribution in [1.82, 2.24) is 9.88 Å². The number of para-hydroxylation sites is 1. The molecule has 0 aliphatic carbocycles. The van der Waals surface area contributed by atoms with Gasteiger partial charge in [-0.15, -0.1) is 11.3 Å². The summed E-state index contributed by atoms with van der Waals surface area (Å²) in [7, 11) is 0. The van der Waals surface area contributed by atoms with E-state index in [4.69, 9.17) is 10.00 Å². The highest BCUT2D eigenvalue weighted by Gasteiger charge is 2.29. The molecule has 2 heterocycles. The Kier molecular flexibility index (Phi) is 3.66. The molecule has 2 aromatic rings. The number of thiazole rings is 1. The second-order valence-corrected chi connectivity index (χ2v) is 6.80. The first kappa shape index (κ1) is 14.1. The molecule has 5 heteroatoms. The van der Waals surface area contributed by atoms with Gasteiger partial charge in [0.05, 0.1) is 6.54 Å². The molecule has 0 saturated carbocycles. The first-order valence-corrected chi connectivity index (χ1v) is 7.77. The van der Waals surface area contributed by atoms with Crippen molar-refractivity contribution in [3.63, 3.8) is 0 Å². The van der Waals surface area contributed by atoms with Crippen molar-refractivity contribution in [2.75, 3.05) is 6.54 Å². The van der Waals surface area contributed by atoms with Gasteiger partial charge in [0.25, 0.3) is 0 Å². The summed E-state index contributed by atoms with van der Waals surface area (Å²) in [5.41, 5.74) is 1.45. The summed E-state index contributed by atoms with van der Waals surface area (Å²) in [6, 6.07) is 10.3. The minimum atomic E-state index is -0.248. The molecule has 0 spiro atoms. The number of ether oxygens (including phenoxy) is 1. The minimum Gasteiger partial charge on any atom is -0.486 e. The Hall–Kier alpha value is -1.90. The van der Waals surface area contributed by atoms with E-state index in [0.717, 1.165) is 30.4 Å². The largest absolute Gasteiger partial charge is 0.486 e. The second-order valence-electron chi connectivity index (χ2n) is 5.85. The number of fused-ring (bicyclic) bond motifs is 1. The molecule has 0 bridgehead atoms. The molecule has 1 aliphatic rings. The monoisotopic (exact) mass is 299 g/mol. The van der Waals surface area contributed by atoms with Gasteiger partial charge in [-0.05, 0) is 19.9 Å². The van der Waals surface area contributed by atoms with E-state index in [-0.39, 0.29) is 5.60 Å². The minimum absolute atomic E-state index is 0.248. The molecule has 1 aromatic carbocycles. The third-order valence-corrected chi connectivity index (χ3v) is 4.22. The average Bonchev–Trinajstić information content (AvgIpc) is 2.82. The van der Waals surface area contributed by atoms with Crippen LogP contribution in [-0.2, 0) is 13.1 Å². The highest BCUT2D eigenvalue weighted by Crippen LogP contribution is 2.30. The predicted octanol–water partition coefficient (Wildman–Crippen LogP) is 3.19. The molecular formula is C16H17N3OS. The van der Waals surface area contributed by atoms with Crippen LogP contribution in [0.1, 0.15) is 30.1 Å². The second kappa shape index (κ2) is 5.47. The van der Waals surface area contributed by atoms with Crippen LogP contribution in [0.4, 0.5) is 0 Å². The quantitative estimate of drug-likeness (QED) is 0.854. The van der Waals surface area contributed by atoms with Crippen molar-refractivity contribution < 1.29 is 4.74 Å². The Morgan fingerprint density at radius 1 is 1.43 bits per heavy atom. The van der Waals surface area contributed by atoms with Crippen molar-refractivity contribution >= 4 is 11.3 Å². The normalized spacial score (nSPS) is 17.4. The lowest BCUT2D eigenvalue weighted by Crippen LogP contribution is -2.40. The van der Waals surface area contributed by atoms with E-state index < -0.39 is 0 Å². The Labute approximate surface area is 128 Å². The standard InChI is InChI=1S/C16H17N3OS/c1-16(2)11-19(9-15-18-13(7-17)10-21-15)8-12-5-3-4-6-14(12)20-16/h3-6,10H,8-9,11H2,1-2H3. The van der Waals surface area contributed by atoms with Crippen LogP contribution >= 0.6 is 11.3 Å². The Balaban J connectivity index is 1.84. The van der Waals surface area contributed by atoms with Gasteiger partial charge in [-0.3, -0.25) is 4.90 Å². The third-order valence-electron chi connectivity index (χ3n) is 3.38. The summed E-state index contributed by atoms with van der Waals surface area (Å²) in [5.74, 6) is 0.960. The van der Waals surface area contributed by atoms with E-state index in [1.165, 1.54) is 16.9 Å². The highest BCUT2D eigenvalue weighted by atomic mass is 32.1. The van der Waals surface area contributed by atoms with Gasteiger partial charge in [-0.1, -0.05) is 18.2 Å². The van der Waals surface area contributed by atoms with Crippen molar-refractivity contribution in [3.05, 3.63) is 45.9 Å². The van der Waals surface area contributed by atoms with Crippen LogP contribution < -0.4 is 4.74 Å². The fourth-order valence-corrected chi connectivity index (χ4v) is 3.40. The van der Waals surface area contributed by atoms with Crippen molar-refractivity contribution in [3.8, 4) is 11.8 Å². The van der Waals surface area contributed by atoms with Crippen LogP contribution in [0, 0.1) is 11.3 Å². The van der Waals surface area contributed by atoms with Gasteiger partial charge in [0.2, 0.25) is 0 Å². The van der Waals surface area contributed by atoms with Crippen LogP contribution in [0.25, 0.3) is 0 Å². The molecule has 0 fully saturated rings. The first-order valence-electron chi connectivity index (χ1n) is 6.89. The van der Waals surface area contributed by atoms with E-state index in [9.17, 15) is 0 Å². The Morgan fingerprint density at radius 3 is 3.00 bits per heavy atom. The van der Waals surface area contributed by atoms with Gasteiger partial charge >= 0.3 is 0 Å². The molecule has 21 heavy (non-hydrogen) atoms. The van der Waals surface area contributed by atoms with Gasteiger partial charge in [-0.2, -0.15) is 5.26 Å². The summed E-state index contributed by atoms with van der Waals surface area (Å²) in [6.07, 6.45) is 0. The molecule has 3 rings (SSSR count). The highest BCUT2D eigenvalue weighted by molar-refractivity contribution is 7.09. The van der Waals surface area contributed by atoms with E-state index in [1.54, 1.807) is 0 Å². The molecule has 1 aliphatic heterocycles. The van der Waals surface area contributed by atoms with Crippen LogP contribution in [-0.4, -0.2) is 22.0 Å². The summed E-state index contributed by atoms with van der Waals surface area (Å²) in [4.78, 5) is 6.66. The molecule has 0 saturated heterocycles. The zero-order valence-electron chi connectivity index (χ0n) is 12.2. The van der Waals surface area contributed by atoms with Crippen LogP contribution in [0.3, 0.4) is 0 Å². The molecule has 1 aromatic heterocycles. The van der Waals surface area contributed by atoms with Crippen LogP contribution in [0.15, 0.2) is 29.6 Å². The van der Waals surface area contributed by atoms with Gasteiger partial charge in [-0.25, -0.2) is 4.98 Å². The number of hydrogen-bond acceptors (Lipinski definition) is 5. The number of aromatic nitrogens is 1. The summed E-state index contributed by atoms with van der Waals surface area (Å²) in [6.45, 7) is 6.60. The fourth-order valence-electron chi connectivity index (χ4n) is 2.64. The van der Waals surface area contributed by atoms with E-state index in [1.807, 2.05) is 23.6 Å². The molecule has 0 radical (unpaired) electrons. The van der Waals surface area contributed by atoms with Crippen molar-refractivity contribution in [2.24, 2.45) is 0 Å². The number of benzene rings is 1. The Bertz CT molecular complexity index is 687.